The first-order valence-corrected chi connectivity index (χ1v) is 5.28. The lowest BCUT2D eigenvalue weighted by atomic mass is 10.1. The molecule has 1 N–H and O–H groups in total. The molecule has 1 heterocycles. The Morgan fingerprint density at radius 2 is 1.56 bits per heavy atom. The zero-order chi connectivity index (χ0) is 11.5. The van der Waals surface area contributed by atoms with Gasteiger partial charge < -0.3 is 5.11 Å². The highest BCUT2D eigenvalue weighted by molar-refractivity contribution is 5.55. The fraction of sp³-hybridized carbons (Fsp3) is 0.231. The molecule has 0 unspecified atom stereocenters. The van der Waals surface area contributed by atoms with Crippen LogP contribution in [0.15, 0.2) is 36.7 Å². The molecule has 0 aliphatic rings. The normalized spacial score (nSPS) is 10.7. The van der Waals surface area contributed by atoms with Gasteiger partial charge in [-0.3, -0.25) is 0 Å². The number of hydrogen-bond donors (Lipinski definition) is 1. The van der Waals surface area contributed by atoms with Gasteiger partial charge in [0.25, 0.3) is 0 Å². The van der Waals surface area contributed by atoms with Crippen LogP contribution in [0.4, 0.5) is 0 Å². The van der Waals surface area contributed by atoms with E-state index >= 15 is 0 Å². The largest absolute Gasteiger partial charge is 0.508 e. The topological polar surface area (TPSA) is 46.0 Å². The van der Waals surface area contributed by atoms with Gasteiger partial charge in [0.05, 0.1) is 0 Å². The lowest BCUT2D eigenvalue weighted by molar-refractivity contribution is 0.475. The maximum atomic E-state index is 9.18. The standard InChI is InChI=1S/C13H14N2O/c1-9(2)11-7-14-13(15-8-11)10-3-5-12(16)6-4-10/h3-9,16H,1-2H3. The monoisotopic (exact) mass is 214 g/mol. The van der Waals surface area contributed by atoms with Crippen molar-refractivity contribution < 1.29 is 5.11 Å². The summed E-state index contributed by atoms with van der Waals surface area (Å²) in [6.45, 7) is 4.22. The summed E-state index contributed by atoms with van der Waals surface area (Å²) < 4.78 is 0. The molecule has 3 nitrogen and oxygen atoms in total. The van der Waals surface area contributed by atoms with Crippen LogP contribution >= 0.6 is 0 Å². The Hall–Kier alpha value is -1.90. The summed E-state index contributed by atoms with van der Waals surface area (Å²) in [6, 6.07) is 6.88. The van der Waals surface area contributed by atoms with Gasteiger partial charge in [-0.1, -0.05) is 13.8 Å². The van der Waals surface area contributed by atoms with E-state index in [0.29, 0.717) is 11.7 Å². The SMILES string of the molecule is CC(C)c1cnc(-c2ccc(O)cc2)nc1. The van der Waals surface area contributed by atoms with Gasteiger partial charge in [0, 0.05) is 18.0 Å². The molecule has 3 heteroatoms. The molecule has 0 bridgehead atoms. The predicted molar refractivity (Wildman–Crippen MR) is 63.2 cm³/mol. The third-order valence-corrected chi connectivity index (χ3v) is 2.46. The van der Waals surface area contributed by atoms with Crippen LogP contribution in [0.2, 0.25) is 0 Å². The van der Waals surface area contributed by atoms with Crippen LogP contribution in [-0.4, -0.2) is 15.1 Å². The summed E-state index contributed by atoms with van der Waals surface area (Å²) in [7, 11) is 0. The van der Waals surface area contributed by atoms with Crippen molar-refractivity contribution in [3.05, 3.63) is 42.2 Å². The smallest absolute Gasteiger partial charge is 0.159 e. The minimum absolute atomic E-state index is 0.252. The van der Waals surface area contributed by atoms with Gasteiger partial charge in [-0.25, -0.2) is 9.97 Å². The van der Waals surface area contributed by atoms with Gasteiger partial charge in [0.2, 0.25) is 0 Å². The number of aromatic hydroxyl groups is 1. The molecule has 2 rings (SSSR count). The molecule has 0 atom stereocenters. The molecule has 0 aliphatic carbocycles. The average molecular weight is 214 g/mol. The van der Waals surface area contributed by atoms with Gasteiger partial charge in [-0.15, -0.1) is 0 Å². The van der Waals surface area contributed by atoms with Crippen molar-refractivity contribution in [3.63, 3.8) is 0 Å². The average Bonchev–Trinajstić information content (AvgIpc) is 2.30. The van der Waals surface area contributed by atoms with Crippen LogP contribution in [-0.2, 0) is 0 Å². The van der Waals surface area contributed by atoms with E-state index in [4.69, 9.17) is 0 Å². The van der Waals surface area contributed by atoms with Crippen molar-refractivity contribution >= 4 is 0 Å². The molecule has 2 aromatic rings. The second-order valence-corrected chi connectivity index (χ2v) is 4.04. The van der Waals surface area contributed by atoms with E-state index in [9.17, 15) is 5.11 Å². The highest BCUT2D eigenvalue weighted by Crippen LogP contribution is 2.19. The molecular weight excluding hydrogens is 200 g/mol. The van der Waals surface area contributed by atoms with Crippen LogP contribution < -0.4 is 0 Å². The molecule has 0 saturated carbocycles. The maximum Gasteiger partial charge on any atom is 0.159 e. The first-order chi connectivity index (χ1) is 7.66. The number of benzene rings is 1. The summed E-state index contributed by atoms with van der Waals surface area (Å²) in [6.07, 6.45) is 3.69. The molecular formula is C13H14N2O. The van der Waals surface area contributed by atoms with Crippen molar-refractivity contribution in [3.8, 4) is 17.1 Å². The van der Waals surface area contributed by atoms with Gasteiger partial charge in [0.1, 0.15) is 5.75 Å². The predicted octanol–water partition coefficient (Wildman–Crippen LogP) is 2.97. The van der Waals surface area contributed by atoms with Crippen LogP contribution in [0.25, 0.3) is 11.4 Å². The minimum Gasteiger partial charge on any atom is -0.508 e. The van der Waals surface area contributed by atoms with Crippen molar-refractivity contribution in [2.75, 3.05) is 0 Å². The molecule has 1 aromatic heterocycles. The first-order valence-electron chi connectivity index (χ1n) is 5.28. The van der Waals surface area contributed by atoms with Crippen LogP contribution in [0.3, 0.4) is 0 Å². The molecule has 82 valence electrons. The van der Waals surface area contributed by atoms with E-state index in [1.807, 2.05) is 12.4 Å². The number of phenolic OH excluding ortho intramolecular Hbond substituents is 1. The molecule has 0 radical (unpaired) electrons. The fourth-order valence-corrected chi connectivity index (χ4v) is 1.40. The van der Waals surface area contributed by atoms with Gasteiger partial charge in [-0.05, 0) is 35.7 Å². The maximum absolute atomic E-state index is 9.18. The molecule has 0 saturated heterocycles. The molecule has 0 aliphatic heterocycles. The Labute approximate surface area is 94.8 Å². The molecule has 0 amide bonds. The van der Waals surface area contributed by atoms with Gasteiger partial charge in [0.15, 0.2) is 5.82 Å². The van der Waals surface area contributed by atoms with E-state index in [-0.39, 0.29) is 5.75 Å². The van der Waals surface area contributed by atoms with Gasteiger partial charge >= 0.3 is 0 Å². The highest BCUT2D eigenvalue weighted by atomic mass is 16.3. The summed E-state index contributed by atoms with van der Waals surface area (Å²) in [5, 5.41) is 9.18. The van der Waals surface area contributed by atoms with Crippen molar-refractivity contribution in [2.24, 2.45) is 0 Å². The Balaban J connectivity index is 2.31. The fourth-order valence-electron chi connectivity index (χ4n) is 1.40. The molecule has 16 heavy (non-hydrogen) atoms. The third-order valence-electron chi connectivity index (χ3n) is 2.46. The van der Waals surface area contributed by atoms with Crippen LogP contribution in [0.5, 0.6) is 5.75 Å². The van der Waals surface area contributed by atoms with Crippen LogP contribution in [0.1, 0.15) is 25.3 Å². The molecule has 0 spiro atoms. The van der Waals surface area contributed by atoms with Crippen molar-refractivity contribution in [1.29, 1.82) is 0 Å². The second kappa shape index (κ2) is 4.31. The van der Waals surface area contributed by atoms with E-state index < -0.39 is 0 Å². The van der Waals surface area contributed by atoms with Gasteiger partial charge in [-0.2, -0.15) is 0 Å². The second-order valence-electron chi connectivity index (χ2n) is 4.04. The summed E-state index contributed by atoms with van der Waals surface area (Å²) >= 11 is 0. The third kappa shape index (κ3) is 2.19. The Bertz CT molecular complexity index is 460. The molecule has 0 fully saturated rings. The van der Waals surface area contributed by atoms with Crippen LogP contribution in [0, 0.1) is 0 Å². The first kappa shape index (κ1) is 10.6. The summed E-state index contributed by atoms with van der Waals surface area (Å²) in [4.78, 5) is 8.61. The minimum atomic E-state index is 0.252. The van der Waals surface area contributed by atoms with E-state index in [2.05, 4.69) is 23.8 Å². The lowest BCUT2D eigenvalue weighted by Gasteiger charge is -2.05. The number of phenols is 1. The Kier molecular flexibility index (Phi) is 2.86. The number of rotatable bonds is 2. The molecule has 1 aromatic carbocycles. The van der Waals surface area contributed by atoms with E-state index in [1.54, 1.807) is 24.3 Å². The summed E-state index contributed by atoms with van der Waals surface area (Å²) in [5.74, 6) is 1.38. The van der Waals surface area contributed by atoms with E-state index in [0.717, 1.165) is 11.1 Å². The van der Waals surface area contributed by atoms with Crippen molar-refractivity contribution in [2.45, 2.75) is 19.8 Å². The van der Waals surface area contributed by atoms with Crippen molar-refractivity contribution in [1.82, 2.24) is 9.97 Å². The summed E-state index contributed by atoms with van der Waals surface area (Å²) in [5.41, 5.74) is 2.04. The Morgan fingerprint density at radius 1 is 1.00 bits per heavy atom. The number of aromatic nitrogens is 2. The van der Waals surface area contributed by atoms with E-state index in [1.165, 1.54) is 0 Å². The quantitative estimate of drug-likeness (QED) is 0.835. The number of hydrogen-bond acceptors (Lipinski definition) is 3. The number of nitrogens with zero attached hydrogens (tertiary/aromatic N) is 2. The lowest BCUT2D eigenvalue weighted by Crippen LogP contribution is -1.93. The Morgan fingerprint density at radius 3 is 2.06 bits per heavy atom. The zero-order valence-corrected chi connectivity index (χ0v) is 9.38. The zero-order valence-electron chi connectivity index (χ0n) is 9.38. The highest BCUT2D eigenvalue weighted by Gasteiger charge is 2.03.